The highest BCUT2D eigenvalue weighted by Gasteiger charge is 2.19. The van der Waals surface area contributed by atoms with Crippen LogP contribution in [0.5, 0.6) is 5.75 Å². The molecule has 0 aliphatic carbocycles. The van der Waals surface area contributed by atoms with Crippen LogP contribution < -0.4 is 10.1 Å². The third kappa shape index (κ3) is 6.12. The summed E-state index contributed by atoms with van der Waals surface area (Å²) in [6, 6.07) is 3.65. The Morgan fingerprint density at radius 2 is 2.05 bits per heavy atom. The Balaban J connectivity index is 2.79. The highest BCUT2D eigenvalue weighted by Crippen LogP contribution is 2.25. The molecule has 0 radical (unpaired) electrons. The maximum Gasteiger partial charge on any atom is 0.239 e. The molecule has 0 unspecified atom stereocenters. The van der Waals surface area contributed by atoms with E-state index in [2.05, 4.69) is 5.32 Å². The molecule has 0 atom stereocenters. The van der Waals surface area contributed by atoms with Gasteiger partial charge in [-0.25, -0.2) is 12.8 Å². The Kier molecular flexibility index (Phi) is 6.14. The van der Waals surface area contributed by atoms with Crippen molar-refractivity contribution in [2.45, 2.75) is 20.8 Å². The summed E-state index contributed by atoms with van der Waals surface area (Å²) in [5.41, 5.74) is 0.253. The van der Waals surface area contributed by atoms with Gasteiger partial charge in [-0.3, -0.25) is 4.79 Å². The van der Waals surface area contributed by atoms with Crippen LogP contribution in [-0.4, -0.2) is 32.4 Å². The molecule has 1 rings (SSSR count). The molecule has 5 nitrogen and oxygen atoms in total. The number of benzene rings is 1. The number of carbonyl (C=O) groups excluding carboxylic acids is 1. The van der Waals surface area contributed by atoms with Gasteiger partial charge in [0, 0.05) is 6.07 Å². The van der Waals surface area contributed by atoms with E-state index in [1.54, 1.807) is 20.8 Å². The molecule has 7 heteroatoms. The number of hydrogen-bond acceptors (Lipinski definition) is 4. The highest BCUT2D eigenvalue weighted by atomic mass is 32.2. The number of anilines is 1. The quantitative estimate of drug-likeness (QED) is 0.837. The average molecular weight is 317 g/mol. The molecule has 0 saturated heterocycles. The normalized spacial score (nSPS) is 11.5. The zero-order chi connectivity index (χ0) is 16.0. The molecule has 0 aromatic heterocycles. The Labute approximate surface area is 124 Å². The van der Waals surface area contributed by atoms with Crippen molar-refractivity contribution < 1.29 is 22.3 Å². The number of hydrogen-bond donors (Lipinski definition) is 1. The molecule has 1 N–H and O–H groups in total. The average Bonchev–Trinajstić information content (AvgIpc) is 2.30. The van der Waals surface area contributed by atoms with Crippen LogP contribution in [0.1, 0.15) is 20.8 Å². The number of carbonyl (C=O) groups is 1. The van der Waals surface area contributed by atoms with Crippen LogP contribution in [0, 0.1) is 11.7 Å². The Hall–Kier alpha value is -1.63. The van der Waals surface area contributed by atoms with Gasteiger partial charge in [0.15, 0.2) is 9.84 Å². The van der Waals surface area contributed by atoms with Crippen molar-refractivity contribution in [3.05, 3.63) is 24.0 Å². The molecule has 118 valence electrons. The van der Waals surface area contributed by atoms with Crippen LogP contribution in [0.2, 0.25) is 0 Å². The summed E-state index contributed by atoms with van der Waals surface area (Å²) in [4.78, 5) is 11.8. The molecular weight excluding hydrogens is 297 g/mol. The lowest BCUT2D eigenvalue weighted by molar-refractivity contribution is -0.113. The summed E-state index contributed by atoms with van der Waals surface area (Å²) < 4.78 is 41.9. The zero-order valence-corrected chi connectivity index (χ0v) is 13.2. The molecule has 1 amide bonds. The van der Waals surface area contributed by atoms with E-state index in [0.717, 1.165) is 6.07 Å². The number of ether oxygens (including phenoxy) is 1. The van der Waals surface area contributed by atoms with Crippen molar-refractivity contribution in [2.24, 2.45) is 5.92 Å². The summed E-state index contributed by atoms with van der Waals surface area (Å²) in [5.74, 6) is -1.69. The molecule has 0 spiro atoms. The first-order chi connectivity index (χ1) is 9.73. The van der Waals surface area contributed by atoms with E-state index in [-0.39, 0.29) is 23.1 Å². The first-order valence-corrected chi connectivity index (χ1v) is 8.48. The first kappa shape index (κ1) is 17.4. The topological polar surface area (TPSA) is 72.5 Å². The number of halogens is 1. The molecule has 0 heterocycles. The molecule has 1 aromatic carbocycles. The highest BCUT2D eigenvalue weighted by molar-refractivity contribution is 7.92. The van der Waals surface area contributed by atoms with Gasteiger partial charge in [-0.05, 0) is 25.0 Å². The molecule has 0 aliphatic rings. The number of nitrogens with one attached hydrogen (secondary N) is 1. The number of sulfone groups is 1. The van der Waals surface area contributed by atoms with Crippen molar-refractivity contribution in [3.8, 4) is 5.75 Å². The van der Waals surface area contributed by atoms with Gasteiger partial charge >= 0.3 is 0 Å². The maximum atomic E-state index is 13.1. The van der Waals surface area contributed by atoms with Crippen molar-refractivity contribution in [3.63, 3.8) is 0 Å². The van der Waals surface area contributed by atoms with E-state index in [1.165, 1.54) is 12.1 Å². The van der Waals surface area contributed by atoms with Gasteiger partial charge < -0.3 is 10.1 Å². The lowest BCUT2D eigenvalue weighted by atomic mass is 10.3. The zero-order valence-electron chi connectivity index (χ0n) is 12.3. The van der Waals surface area contributed by atoms with Crippen LogP contribution in [0.25, 0.3) is 0 Å². The maximum absolute atomic E-state index is 13.1. The third-order valence-electron chi connectivity index (χ3n) is 2.46. The number of amides is 1. The van der Waals surface area contributed by atoms with E-state index < -0.39 is 27.3 Å². The van der Waals surface area contributed by atoms with Crippen LogP contribution in [0.15, 0.2) is 18.2 Å². The van der Waals surface area contributed by atoms with Crippen molar-refractivity contribution in [1.29, 1.82) is 0 Å². The van der Waals surface area contributed by atoms with Crippen LogP contribution in [-0.2, 0) is 14.6 Å². The molecule has 0 aliphatic heterocycles. The summed E-state index contributed by atoms with van der Waals surface area (Å²) in [6.07, 6.45) is 0. The Morgan fingerprint density at radius 3 is 2.62 bits per heavy atom. The minimum atomic E-state index is -3.46. The van der Waals surface area contributed by atoms with Gasteiger partial charge in [0.25, 0.3) is 0 Å². The summed E-state index contributed by atoms with van der Waals surface area (Å²) in [5, 5.41) is 2.44. The van der Waals surface area contributed by atoms with Crippen molar-refractivity contribution >= 4 is 21.4 Å². The largest absolute Gasteiger partial charge is 0.492 e. The van der Waals surface area contributed by atoms with Gasteiger partial charge in [-0.1, -0.05) is 13.8 Å². The summed E-state index contributed by atoms with van der Waals surface area (Å²) in [6.45, 7) is 5.56. The smallest absolute Gasteiger partial charge is 0.239 e. The number of rotatable bonds is 7. The van der Waals surface area contributed by atoms with E-state index >= 15 is 0 Å². The van der Waals surface area contributed by atoms with Crippen molar-refractivity contribution in [1.82, 2.24) is 0 Å². The fraction of sp³-hybridized carbons (Fsp3) is 0.500. The monoisotopic (exact) mass is 317 g/mol. The Bertz CT molecular complexity index is 599. The Morgan fingerprint density at radius 1 is 1.38 bits per heavy atom. The van der Waals surface area contributed by atoms with Crippen LogP contribution in [0.4, 0.5) is 10.1 Å². The fourth-order valence-electron chi connectivity index (χ4n) is 1.83. The summed E-state index contributed by atoms with van der Waals surface area (Å²) >= 11 is 0. The minimum Gasteiger partial charge on any atom is -0.492 e. The second kappa shape index (κ2) is 7.40. The van der Waals surface area contributed by atoms with Crippen LogP contribution >= 0.6 is 0 Å². The van der Waals surface area contributed by atoms with Gasteiger partial charge in [0.1, 0.15) is 17.3 Å². The van der Waals surface area contributed by atoms with E-state index in [1.807, 2.05) is 0 Å². The van der Waals surface area contributed by atoms with E-state index in [9.17, 15) is 17.6 Å². The fourth-order valence-corrected chi connectivity index (χ4v) is 3.43. The van der Waals surface area contributed by atoms with Gasteiger partial charge in [-0.2, -0.15) is 0 Å². The molecule has 0 bridgehead atoms. The SMILES string of the molecule is CCOc1cc(F)ccc1NC(=O)CS(=O)(=O)CC(C)C. The molecule has 0 saturated carbocycles. The summed E-state index contributed by atoms with van der Waals surface area (Å²) in [7, 11) is -3.46. The van der Waals surface area contributed by atoms with Gasteiger partial charge in [0.05, 0.1) is 18.0 Å². The minimum absolute atomic E-state index is 0.0485. The van der Waals surface area contributed by atoms with Crippen LogP contribution in [0.3, 0.4) is 0 Å². The lowest BCUT2D eigenvalue weighted by Gasteiger charge is -2.12. The lowest BCUT2D eigenvalue weighted by Crippen LogP contribution is -2.26. The third-order valence-corrected chi connectivity index (χ3v) is 4.33. The molecule has 21 heavy (non-hydrogen) atoms. The van der Waals surface area contributed by atoms with Gasteiger partial charge in [-0.15, -0.1) is 0 Å². The first-order valence-electron chi connectivity index (χ1n) is 6.66. The van der Waals surface area contributed by atoms with E-state index in [4.69, 9.17) is 4.74 Å². The molecule has 0 fully saturated rings. The second-order valence-electron chi connectivity index (χ2n) is 5.07. The van der Waals surface area contributed by atoms with Gasteiger partial charge in [0.2, 0.25) is 5.91 Å². The molecule has 1 aromatic rings. The predicted molar refractivity (Wildman–Crippen MR) is 79.7 cm³/mol. The molecular formula is C14H20FNO4S. The standard InChI is InChI=1S/C14H20FNO4S/c1-4-20-13-7-11(15)5-6-12(13)16-14(17)9-21(18,19)8-10(2)3/h5-7,10H,4,8-9H2,1-3H3,(H,16,17). The second-order valence-corrected chi connectivity index (χ2v) is 7.18. The predicted octanol–water partition coefficient (Wildman–Crippen LogP) is 2.23. The van der Waals surface area contributed by atoms with Crippen molar-refractivity contribution in [2.75, 3.05) is 23.4 Å². The van der Waals surface area contributed by atoms with E-state index in [0.29, 0.717) is 6.61 Å².